The molecule has 0 amide bonds. The predicted octanol–water partition coefficient (Wildman–Crippen LogP) is 0.985. The molecule has 20 heavy (non-hydrogen) atoms. The average Bonchev–Trinajstić information content (AvgIpc) is 2.43. The van der Waals surface area contributed by atoms with Crippen molar-refractivity contribution < 1.29 is 9.47 Å². The molecule has 0 saturated carbocycles. The van der Waals surface area contributed by atoms with E-state index in [9.17, 15) is 0 Å². The number of hydrogen-bond donors (Lipinski definition) is 2. The molecule has 0 radical (unpaired) electrons. The van der Waals surface area contributed by atoms with Crippen LogP contribution in [0.3, 0.4) is 0 Å². The van der Waals surface area contributed by atoms with Gasteiger partial charge in [0.2, 0.25) is 5.96 Å². The van der Waals surface area contributed by atoms with E-state index in [1.807, 2.05) is 0 Å². The summed E-state index contributed by atoms with van der Waals surface area (Å²) in [5.74, 6) is 1.09. The maximum atomic E-state index is 8.47. The van der Waals surface area contributed by atoms with Gasteiger partial charge in [0, 0.05) is 6.42 Å². The van der Waals surface area contributed by atoms with Crippen LogP contribution in [-0.4, -0.2) is 25.9 Å². The summed E-state index contributed by atoms with van der Waals surface area (Å²) in [6.07, 6.45) is 2.61. The van der Waals surface area contributed by atoms with Gasteiger partial charge < -0.3 is 20.9 Å². The fourth-order valence-corrected chi connectivity index (χ4v) is 1.38. The van der Waals surface area contributed by atoms with Crippen LogP contribution >= 0.6 is 0 Å². The van der Waals surface area contributed by atoms with Crippen LogP contribution in [0, 0.1) is 11.3 Å². The van der Waals surface area contributed by atoms with E-state index in [0.29, 0.717) is 30.9 Å². The fraction of sp³-hybridized carbons (Fsp3) is 0.308. The van der Waals surface area contributed by atoms with Gasteiger partial charge in [-0.3, -0.25) is 0 Å². The highest BCUT2D eigenvalue weighted by Gasteiger charge is 2.04. The number of nitrogens with two attached hydrogens (primary N) is 2. The summed E-state index contributed by atoms with van der Waals surface area (Å²) >= 11 is 0. The molecular weight excluding hydrogens is 258 g/mol. The van der Waals surface area contributed by atoms with Gasteiger partial charge in [0.05, 0.1) is 26.0 Å². The first-order chi connectivity index (χ1) is 9.67. The van der Waals surface area contributed by atoms with Crippen LogP contribution in [0.15, 0.2) is 28.4 Å². The minimum absolute atomic E-state index is 0.109. The molecular formula is C13H17N5O2. The number of benzene rings is 1. The Hall–Kier alpha value is -2.75. The molecule has 0 bridgehead atoms. The largest absolute Gasteiger partial charge is 0.493 e. The summed E-state index contributed by atoms with van der Waals surface area (Å²) in [5.41, 5.74) is 11.1. The molecule has 0 aliphatic heterocycles. The molecule has 0 saturated heterocycles. The van der Waals surface area contributed by atoms with E-state index in [1.165, 1.54) is 6.21 Å². The van der Waals surface area contributed by atoms with Gasteiger partial charge in [-0.2, -0.15) is 10.4 Å². The van der Waals surface area contributed by atoms with Crippen molar-refractivity contribution in [2.24, 2.45) is 21.7 Å². The highest BCUT2D eigenvalue weighted by atomic mass is 16.5. The molecule has 7 nitrogen and oxygen atoms in total. The highest BCUT2D eigenvalue weighted by molar-refractivity contribution is 5.82. The lowest BCUT2D eigenvalue weighted by molar-refractivity contribution is 0.291. The van der Waals surface area contributed by atoms with Crippen molar-refractivity contribution in [2.75, 3.05) is 13.7 Å². The molecule has 0 aliphatic rings. The lowest BCUT2D eigenvalue weighted by Crippen LogP contribution is -2.21. The number of nitriles is 1. The van der Waals surface area contributed by atoms with Crippen molar-refractivity contribution in [3.8, 4) is 17.6 Å². The van der Waals surface area contributed by atoms with Crippen molar-refractivity contribution >= 4 is 12.2 Å². The molecule has 1 aromatic carbocycles. The molecule has 7 heteroatoms. The van der Waals surface area contributed by atoms with Gasteiger partial charge in [0.15, 0.2) is 11.5 Å². The van der Waals surface area contributed by atoms with Crippen molar-refractivity contribution in [3.63, 3.8) is 0 Å². The highest BCUT2D eigenvalue weighted by Crippen LogP contribution is 2.27. The van der Waals surface area contributed by atoms with E-state index >= 15 is 0 Å². The minimum atomic E-state index is -0.109. The smallest absolute Gasteiger partial charge is 0.211 e. The molecule has 0 spiro atoms. The second-order valence-electron chi connectivity index (χ2n) is 3.79. The Morgan fingerprint density at radius 3 is 2.85 bits per heavy atom. The third kappa shape index (κ3) is 5.27. The minimum Gasteiger partial charge on any atom is -0.493 e. The lowest BCUT2D eigenvalue weighted by atomic mass is 10.2. The fourth-order valence-electron chi connectivity index (χ4n) is 1.38. The standard InChI is InChI=1S/C13H17N5O2/c1-19-11-5-4-10(9-17-18-13(15)16)8-12(11)20-7-3-2-6-14/h4-5,8-9H,2-3,7H2,1H3,(H4,15,16,18). The quantitative estimate of drug-likeness (QED) is 0.333. The van der Waals surface area contributed by atoms with Gasteiger partial charge in [0.1, 0.15) is 0 Å². The van der Waals surface area contributed by atoms with Gasteiger partial charge >= 0.3 is 0 Å². The molecule has 0 fully saturated rings. The van der Waals surface area contributed by atoms with Gasteiger partial charge in [-0.15, -0.1) is 5.10 Å². The van der Waals surface area contributed by atoms with Gasteiger partial charge in [-0.05, 0) is 30.2 Å². The lowest BCUT2D eigenvalue weighted by Gasteiger charge is -2.10. The number of rotatable bonds is 7. The third-order valence-electron chi connectivity index (χ3n) is 2.26. The number of ether oxygens (including phenoxy) is 2. The molecule has 1 aromatic rings. The number of guanidine groups is 1. The molecule has 1 rings (SSSR count). The Kier molecular flexibility index (Phi) is 6.41. The van der Waals surface area contributed by atoms with Crippen molar-refractivity contribution in [1.82, 2.24) is 0 Å². The Bertz CT molecular complexity index is 530. The van der Waals surface area contributed by atoms with E-state index in [4.69, 9.17) is 26.2 Å². The molecule has 0 aromatic heterocycles. The summed E-state index contributed by atoms with van der Waals surface area (Å²) in [6.45, 7) is 0.443. The average molecular weight is 275 g/mol. The van der Waals surface area contributed by atoms with Crippen molar-refractivity contribution in [2.45, 2.75) is 12.8 Å². The second kappa shape index (κ2) is 8.37. The Morgan fingerprint density at radius 1 is 1.40 bits per heavy atom. The van der Waals surface area contributed by atoms with Gasteiger partial charge in [0.25, 0.3) is 0 Å². The topological polar surface area (TPSA) is 119 Å². The first kappa shape index (κ1) is 15.3. The summed E-state index contributed by atoms with van der Waals surface area (Å²) in [4.78, 5) is 0. The number of nitrogens with zero attached hydrogens (tertiary/aromatic N) is 3. The van der Waals surface area contributed by atoms with E-state index in [1.54, 1.807) is 25.3 Å². The van der Waals surface area contributed by atoms with E-state index < -0.39 is 0 Å². The normalized spacial score (nSPS) is 10.0. The first-order valence-electron chi connectivity index (χ1n) is 5.97. The second-order valence-corrected chi connectivity index (χ2v) is 3.79. The third-order valence-corrected chi connectivity index (χ3v) is 2.26. The number of hydrogen-bond acceptors (Lipinski definition) is 5. The Balaban J connectivity index is 2.77. The zero-order valence-corrected chi connectivity index (χ0v) is 11.2. The van der Waals surface area contributed by atoms with E-state index in [0.717, 1.165) is 5.56 Å². The molecule has 0 heterocycles. The van der Waals surface area contributed by atoms with Crippen LogP contribution < -0.4 is 20.9 Å². The van der Waals surface area contributed by atoms with Crippen LogP contribution in [0.4, 0.5) is 0 Å². The summed E-state index contributed by atoms with van der Waals surface area (Å²) in [7, 11) is 1.56. The van der Waals surface area contributed by atoms with Gasteiger partial charge in [-0.1, -0.05) is 0 Å². The maximum Gasteiger partial charge on any atom is 0.211 e. The maximum absolute atomic E-state index is 8.47. The SMILES string of the molecule is COc1ccc(C=NN=C(N)N)cc1OCCCC#N. The summed E-state index contributed by atoms with van der Waals surface area (Å²) < 4.78 is 10.8. The Labute approximate surface area is 117 Å². The molecule has 0 aliphatic carbocycles. The number of methoxy groups -OCH3 is 1. The Morgan fingerprint density at radius 2 is 2.20 bits per heavy atom. The summed E-state index contributed by atoms with van der Waals surface area (Å²) in [6, 6.07) is 7.38. The van der Waals surface area contributed by atoms with Crippen LogP contribution in [0.5, 0.6) is 11.5 Å². The number of unbranched alkanes of at least 4 members (excludes halogenated alkanes) is 1. The first-order valence-corrected chi connectivity index (χ1v) is 5.97. The van der Waals surface area contributed by atoms with E-state index in [-0.39, 0.29) is 5.96 Å². The predicted molar refractivity (Wildman–Crippen MR) is 76.7 cm³/mol. The monoisotopic (exact) mass is 275 g/mol. The van der Waals surface area contributed by atoms with Crippen LogP contribution in [0.25, 0.3) is 0 Å². The van der Waals surface area contributed by atoms with E-state index in [2.05, 4.69) is 16.3 Å². The van der Waals surface area contributed by atoms with Crippen molar-refractivity contribution in [3.05, 3.63) is 23.8 Å². The van der Waals surface area contributed by atoms with Crippen molar-refractivity contribution in [1.29, 1.82) is 5.26 Å². The van der Waals surface area contributed by atoms with Crippen LogP contribution in [0.1, 0.15) is 18.4 Å². The zero-order valence-electron chi connectivity index (χ0n) is 11.2. The molecule has 4 N–H and O–H groups in total. The molecule has 106 valence electrons. The molecule has 0 atom stereocenters. The van der Waals surface area contributed by atoms with Gasteiger partial charge in [-0.25, -0.2) is 0 Å². The van der Waals surface area contributed by atoms with Crippen LogP contribution in [-0.2, 0) is 0 Å². The zero-order chi connectivity index (χ0) is 14.8. The summed E-state index contributed by atoms with van der Waals surface area (Å²) in [5, 5.41) is 15.7. The van der Waals surface area contributed by atoms with Crippen LogP contribution in [0.2, 0.25) is 0 Å². The molecule has 0 unspecified atom stereocenters.